The van der Waals surface area contributed by atoms with Gasteiger partial charge in [-0.1, -0.05) is 45.0 Å². The molecule has 0 N–H and O–H groups in total. The van der Waals surface area contributed by atoms with E-state index in [4.69, 9.17) is 0 Å². The second-order valence-electron chi connectivity index (χ2n) is 5.36. The van der Waals surface area contributed by atoms with Crippen molar-refractivity contribution in [2.75, 3.05) is 19.6 Å². The molecule has 0 bridgehead atoms. The molecule has 1 aromatic carbocycles. The van der Waals surface area contributed by atoms with E-state index >= 15 is 0 Å². The first-order valence-electron chi connectivity index (χ1n) is 8.07. The lowest BCUT2D eigenvalue weighted by Crippen LogP contribution is -2.32. The van der Waals surface area contributed by atoms with Gasteiger partial charge in [0.2, 0.25) is 0 Å². The maximum atomic E-state index is 12.0. The minimum Gasteiger partial charge on any atom is -0.302 e. The summed E-state index contributed by atoms with van der Waals surface area (Å²) in [4.78, 5) is 14.3. The molecule has 22 heavy (non-hydrogen) atoms. The van der Waals surface area contributed by atoms with Crippen molar-refractivity contribution in [3.63, 3.8) is 0 Å². The third-order valence-electron chi connectivity index (χ3n) is 4.05. The van der Waals surface area contributed by atoms with Crippen molar-refractivity contribution in [1.82, 2.24) is 14.7 Å². The standard InChI is InChI=1S/C18H25N3O/c1-4-15-7-9-16(10-8-15)17-11-12-18(22)21(19-17)14-13-20(5-2)6-3/h7-12H,4-6,13-14H2,1-3H3. The number of aromatic nitrogens is 2. The minimum atomic E-state index is -0.0407. The number of hydrogen-bond donors (Lipinski definition) is 0. The van der Waals surface area contributed by atoms with Crippen molar-refractivity contribution in [3.05, 3.63) is 52.3 Å². The van der Waals surface area contributed by atoms with E-state index in [2.05, 4.69) is 55.0 Å². The first kappa shape index (κ1) is 16.4. The van der Waals surface area contributed by atoms with Crippen molar-refractivity contribution in [2.24, 2.45) is 0 Å². The van der Waals surface area contributed by atoms with Gasteiger partial charge in [0.25, 0.3) is 5.56 Å². The second-order valence-corrected chi connectivity index (χ2v) is 5.36. The zero-order valence-corrected chi connectivity index (χ0v) is 13.7. The number of hydrogen-bond acceptors (Lipinski definition) is 3. The Kier molecular flexibility index (Phi) is 5.90. The summed E-state index contributed by atoms with van der Waals surface area (Å²) in [6, 6.07) is 11.8. The van der Waals surface area contributed by atoms with Gasteiger partial charge in [-0.15, -0.1) is 0 Å². The van der Waals surface area contributed by atoms with Crippen LogP contribution in [0.1, 0.15) is 26.3 Å². The second kappa shape index (κ2) is 7.90. The van der Waals surface area contributed by atoms with E-state index in [-0.39, 0.29) is 5.56 Å². The molecule has 1 aromatic heterocycles. The van der Waals surface area contributed by atoms with Crippen molar-refractivity contribution in [1.29, 1.82) is 0 Å². The van der Waals surface area contributed by atoms with Gasteiger partial charge >= 0.3 is 0 Å². The fourth-order valence-electron chi connectivity index (χ4n) is 2.45. The summed E-state index contributed by atoms with van der Waals surface area (Å²) in [5.41, 5.74) is 3.16. The lowest BCUT2D eigenvalue weighted by atomic mass is 10.1. The minimum absolute atomic E-state index is 0.0407. The van der Waals surface area contributed by atoms with Crippen LogP contribution in [-0.4, -0.2) is 34.3 Å². The van der Waals surface area contributed by atoms with Crippen LogP contribution in [0.15, 0.2) is 41.2 Å². The number of rotatable bonds is 7. The van der Waals surface area contributed by atoms with E-state index in [1.807, 2.05) is 0 Å². The third-order valence-corrected chi connectivity index (χ3v) is 4.05. The van der Waals surface area contributed by atoms with Crippen LogP contribution in [0.25, 0.3) is 11.3 Å². The summed E-state index contributed by atoms with van der Waals surface area (Å²) in [6.45, 7) is 9.85. The zero-order chi connectivity index (χ0) is 15.9. The number of likely N-dealkylation sites (N-methyl/N-ethyl adjacent to an activating group) is 1. The molecule has 0 atom stereocenters. The summed E-state index contributed by atoms with van der Waals surface area (Å²) in [7, 11) is 0. The Bertz CT molecular complexity index is 642. The average molecular weight is 299 g/mol. The molecule has 2 rings (SSSR count). The molecule has 118 valence electrons. The van der Waals surface area contributed by atoms with Gasteiger partial charge in [0.05, 0.1) is 12.2 Å². The monoisotopic (exact) mass is 299 g/mol. The van der Waals surface area contributed by atoms with Crippen LogP contribution in [0, 0.1) is 0 Å². The van der Waals surface area contributed by atoms with Gasteiger partial charge in [-0.2, -0.15) is 5.10 Å². The molecule has 0 aliphatic carbocycles. The van der Waals surface area contributed by atoms with Crippen molar-refractivity contribution in [2.45, 2.75) is 33.7 Å². The molecular formula is C18H25N3O. The molecule has 0 spiro atoms. The summed E-state index contributed by atoms with van der Waals surface area (Å²) >= 11 is 0. The fraction of sp³-hybridized carbons (Fsp3) is 0.444. The Morgan fingerprint density at radius 1 is 1.00 bits per heavy atom. The SMILES string of the molecule is CCc1ccc(-c2ccc(=O)n(CCN(CC)CC)n2)cc1. The molecule has 0 fully saturated rings. The highest BCUT2D eigenvalue weighted by molar-refractivity contribution is 5.58. The average Bonchev–Trinajstić information content (AvgIpc) is 2.57. The van der Waals surface area contributed by atoms with Crippen LogP contribution >= 0.6 is 0 Å². The summed E-state index contributed by atoms with van der Waals surface area (Å²) in [5.74, 6) is 0. The molecule has 4 heteroatoms. The van der Waals surface area contributed by atoms with E-state index in [9.17, 15) is 4.79 Å². The van der Waals surface area contributed by atoms with Crippen LogP contribution < -0.4 is 5.56 Å². The van der Waals surface area contributed by atoms with E-state index in [0.29, 0.717) is 6.54 Å². The quantitative estimate of drug-likeness (QED) is 0.789. The molecule has 2 aromatic rings. The third kappa shape index (κ3) is 4.04. The highest BCUT2D eigenvalue weighted by Gasteiger charge is 2.05. The first-order chi connectivity index (χ1) is 10.7. The van der Waals surface area contributed by atoms with Crippen molar-refractivity contribution in [3.8, 4) is 11.3 Å². The highest BCUT2D eigenvalue weighted by Crippen LogP contribution is 2.16. The van der Waals surface area contributed by atoms with E-state index in [1.165, 1.54) is 5.56 Å². The molecule has 0 saturated carbocycles. The number of aryl methyl sites for hydroxylation is 1. The predicted molar refractivity (Wildman–Crippen MR) is 91.1 cm³/mol. The van der Waals surface area contributed by atoms with E-state index in [1.54, 1.807) is 16.8 Å². The molecule has 4 nitrogen and oxygen atoms in total. The Balaban J connectivity index is 2.20. The maximum Gasteiger partial charge on any atom is 0.266 e. The number of nitrogens with zero attached hydrogens (tertiary/aromatic N) is 3. The molecule has 0 amide bonds. The largest absolute Gasteiger partial charge is 0.302 e. The Morgan fingerprint density at radius 2 is 1.68 bits per heavy atom. The molecular weight excluding hydrogens is 274 g/mol. The normalized spacial score (nSPS) is 11.1. The van der Waals surface area contributed by atoms with Gasteiger partial charge in [0.1, 0.15) is 0 Å². The van der Waals surface area contributed by atoms with Gasteiger partial charge in [0.15, 0.2) is 0 Å². The van der Waals surface area contributed by atoms with Crippen LogP contribution in [0.5, 0.6) is 0 Å². The van der Waals surface area contributed by atoms with Crippen molar-refractivity contribution < 1.29 is 0 Å². The van der Waals surface area contributed by atoms with Crippen LogP contribution in [0.3, 0.4) is 0 Å². The van der Waals surface area contributed by atoms with Gasteiger partial charge in [-0.3, -0.25) is 4.79 Å². The van der Waals surface area contributed by atoms with Crippen LogP contribution in [0.4, 0.5) is 0 Å². The first-order valence-corrected chi connectivity index (χ1v) is 8.07. The molecule has 0 aliphatic heterocycles. The Labute approximate surface area is 132 Å². The smallest absolute Gasteiger partial charge is 0.266 e. The van der Waals surface area contributed by atoms with Gasteiger partial charge in [-0.25, -0.2) is 4.68 Å². The lowest BCUT2D eigenvalue weighted by molar-refractivity contribution is 0.283. The zero-order valence-electron chi connectivity index (χ0n) is 13.7. The molecule has 0 unspecified atom stereocenters. The molecule has 1 heterocycles. The number of benzene rings is 1. The molecule has 0 saturated heterocycles. The van der Waals surface area contributed by atoms with Gasteiger partial charge in [-0.05, 0) is 31.1 Å². The summed E-state index contributed by atoms with van der Waals surface area (Å²) in [6.07, 6.45) is 1.02. The maximum absolute atomic E-state index is 12.0. The van der Waals surface area contributed by atoms with Crippen LogP contribution in [-0.2, 0) is 13.0 Å². The highest BCUT2D eigenvalue weighted by atomic mass is 16.1. The van der Waals surface area contributed by atoms with E-state index in [0.717, 1.165) is 37.3 Å². The van der Waals surface area contributed by atoms with Gasteiger partial charge in [0, 0.05) is 18.2 Å². The molecule has 0 aliphatic rings. The Hall–Kier alpha value is -1.94. The lowest BCUT2D eigenvalue weighted by Gasteiger charge is -2.18. The summed E-state index contributed by atoms with van der Waals surface area (Å²) < 4.78 is 1.57. The molecule has 0 radical (unpaired) electrons. The predicted octanol–water partition coefficient (Wildman–Crippen LogP) is 2.81. The summed E-state index contributed by atoms with van der Waals surface area (Å²) in [5, 5.41) is 4.52. The topological polar surface area (TPSA) is 38.1 Å². The fourth-order valence-corrected chi connectivity index (χ4v) is 2.45. The van der Waals surface area contributed by atoms with Crippen LogP contribution in [0.2, 0.25) is 0 Å². The van der Waals surface area contributed by atoms with Crippen molar-refractivity contribution >= 4 is 0 Å². The van der Waals surface area contributed by atoms with Gasteiger partial charge < -0.3 is 4.90 Å². The van der Waals surface area contributed by atoms with E-state index < -0.39 is 0 Å². The Morgan fingerprint density at radius 3 is 2.27 bits per heavy atom.